The van der Waals surface area contributed by atoms with Gasteiger partial charge >= 0.3 is 6.13 Å². The number of para-hydroxylation sites is 1. The summed E-state index contributed by atoms with van der Waals surface area (Å²) in [6.07, 6.45) is 2.03. The Balaban J connectivity index is 2.54. The Hall–Kier alpha value is -0.885. The van der Waals surface area contributed by atoms with Crippen LogP contribution in [0, 0.1) is 0 Å². The van der Waals surface area contributed by atoms with Gasteiger partial charge in [0.05, 0.1) is 0 Å². The van der Waals surface area contributed by atoms with Crippen LogP contribution in [0.5, 0.6) is 0 Å². The molecule has 0 N–H and O–H groups in total. The smallest absolute Gasteiger partial charge is 0.311 e. The van der Waals surface area contributed by atoms with Gasteiger partial charge < -0.3 is 4.90 Å². The lowest BCUT2D eigenvalue weighted by molar-refractivity contribution is 1.21. The maximum absolute atomic E-state index is 6.10. The molecule has 1 aliphatic rings. The minimum Gasteiger partial charge on any atom is -0.353 e. The third-order valence-corrected chi connectivity index (χ3v) is 2.47. The molecule has 0 radical (unpaired) electrons. The molecular weight excluding hydrogens is 168 g/mol. The molecule has 3 heteroatoms. The maximum Gasteiger partial charge on any atom is 0.311 e. The van der Waals surface area contributed by atoms with E-state index in [0.717, 1.165) is 0 Å². The van der Waals surface area contributed by atoms with Gasteiger partial charge in [-0.3, -0.25) is 0 Å². The number of benzene rings is 1. The molecule has 1 aromatic rings. The van der Waals surface area contributed by atoms with E-state index in [-0.39, 0.29) is 6.13 Å². The van der Waals surface area contributed by atoms with Crippen LogP contribution in [-0.2, 0) is 0 Å². The lowest BCUT2D eigenvalue weighted by Crippen LogP contribution is -2.33. The second-order valence-corrected chi connectivity index (χ2v) is 3.38. The highest BCUT2D eigenvalue weighted by Gasteiger charge is 2.19. The predicted octanol–water partition coefficient (Wildman–Crippen LogP) is 1.63. The topological polar surface area (TPSA) is 3.24 Å². The second kappa shape index (κ2) is 2.87. The van der Waals surface area contributed by atoms with E-state index in [9.17, 15) is 0 Å². The quantitative estimate of drug-likeness (QED) is 0.545. The summed E-state index contributed by atoms with van der Waals surface area (Å²) in [4.78, 5) is 2.08. The molecule has 1 heterocycles. The molecule has 1 aromatic carbocycles. The van der Waals surface area contributed by atoms with E-state index in [2.05, 4.69) is 17.0 Å². The van der Waals surface area contributed by atoms with Crippen LogP contribution in [0.25, 0.3) is 0 Å². The molecule has 0 atom stereocenters. The number of hydrogen-bond acceptors (Lipinski definition) is 1. The second-order valence-electron chi connectivity index (χ2n) is 2.91. The first-order valence-electron chi connectivity index (χ1n) is 3.93. The van der Waals surface area contributed by atoms with Crippen molar-refractivity contribution in [2.24, 2.45) is 0 Å². The minimum absolute atomic E-state index is 0.0254. The summed E-state index contributed by atoms with van der Waals surface area (Å²) in [6.45, 7) is 0. The normalized spacial score (nSPS) is 14.8. The van der Waals surface area contributed by atoms with Crippen LogP contribution in [0.3, 0.4) is 0 Å². The fourth-order valence-corrected chi connectivity index (χ4v) is 1.68. The Morgan fingerprint density at radius 3 is 2.83 bits per heavy atom. The Morgan fingerprint density at radius 2 is 2.08 bits per heavy atom. The van der Waals surface area contributed by atoms with Gasteiger partial charge in [-0.25, -0.2) is 0 Å². The van der Waals surface area contributed by atoms with E-state index < -0.39 is 0 Å². The van der Waals surface area contributed by atoms with Crippen LogP contribution < -0.4 is 10.4 Å². The standard InChI is InChI=1S/C9H9BClN/c1-12-7-6-10(11)8-4-2-3-5-9(8)12/h2-7H,1H3. The highest BCUT2D eigenvalue weighted by atomic mass is 35.5. The summed E-state index contributed by atoms with van der Waals surface area (Å²) in [5.74, 6) is 1.99. The van der Waals surface area contributed by atoms with Crippen LogP contribution in [0.1, 0.15) is 0 Å². The average molecular weight is 177 g/mol. The number of rotatable bonds is 0. The molecule has 0 amide bonds. The fraction of sp³-hybridized carbons (Fsp3) is 0.111. The van der Waals surface area contributed by atoms with Gasteiger partial charge in [0, 0.05) is 12.7 Å². The Bertz CT molecular complexity index is 293. The summed E-state index contributed by atoms with van der Waals surface area (Å²) in [6, 6.07) is 8.18. The first-order chi connectivity index (χ1) is 5.79. The lowest BCUT2D eigenvalue weighted by Gasteiger charge is -2.23. The third-order valence-electron chi connectivity index (χ3n) is 2.09. The summed E-state index contributed by atoms with van der Waals surface area (Å²) in [5.41, 5.74) is 2.38. The first-order valence-corrected chi connectivity index (χ1v) is 4.37. The van der Waals surface area contributed by atoms with Crippen molar-refractivity contribution in [3.63, 3.8) is 0 Å². The van der Waals surface area contributed by atoms with Crippen LogP contribution >= 0.6 is 11.5 Å². The van der Waals surface area contributed by atoms with Crippen LogP contribution in [0.15, 0.2) is 36.4 Å². The zero-order chi connectivity index (χ0) is 8.55. The van der Waals surface area contributed by atoms with Gasteiger partial charge in [0.1, 0.15) is 0 Å². The fourth-order valence-electron chi connectivity index (χ4n) is 1.43. The summed E-state index contributed by atoms with van der Waals surface area (Å²) < 4.78 is 0. The van der Waals surface area contributed by atoms with Crippen LogP contribution in [0.4, 0.5) is 5.69 Å². The van der Waals surface area contributed by atoms with Crippen molar-refractivity contribution < 1.29 is 0 Å². The molecule has 1 nitrogen and oxygen atoms in total. The Labute approximate surface area is 77.6 Å². The molecule has 0 aromatic heterocycles. The van der Waals surface area contributed by atoms with Crippen LogP contribution in [0.2, 0.25) is 0 Å². The van der Waals surface area contributed by atoms with Crippen molar-refractivity contribution in [3.05, 3.63) is 36.4 Å². The first kappa shape index (κ1) is 7.75. The predicted molar refractivity (Wildman–Crippen MR) is 55.2 cm³/mol. The van der Waals surface area contributed by atoms with Gasteiger partial charge in [0.15, 0.2) is 0 Å². The Kier molecular flexibility index (Phi) is 1.85. The molecule has 0 unspecified atom stereocenters. The molecule has 0 spiro atoms. The highest BCUT2D eigenvalue weighted by Crippen LogP contribution is 2.16. The minimum atomic E-state index is 0.0254. The lowest BCUT2D eigenvalue weighted by atomic mass is 9.66. The van der Waals surface area contributed by atoms with Crippen molar-refractivity contribution in [3.8, 4) is 0 Å². The van der Waals surface area contributed by atoms with Gasteiger partial charge in [-0.1, -0.05) is 24.2 Å². The third kappa shape index (κ3) is 1.12. The molecule has 0 saturated carbocycles. The molecule has 0 saturated heterocycles. The molecule has 0 bridgehead atoms. The SMILES string of the molecule is CN1C=CB(Cl)c2ccccc21. The van der Waals surface area contributed by atoms with Gasteiger partial charge in [-0.2, -0.15) is 11.5 Å². The molecule has 1 aliphatic heterocycles. The van der Waals surface area contributed by atoms with E-state index in [1.807, 2.05) is 31.4 Å². The molecule has 12 heavy (non-hydrogen) atoms. The zero-order valence-electron chi connectivity index (χ0n) is 6.87. The van der Waals surface area contributed by atoms with Gasteiger partial charge in [-0.05, 0) is 17.7 Å². The van der Waals surface area contributed by atoms with E-state index in [4.69, 9.17) is 11.5 Å². The maximum atomic E-state index is 6.10. The van der Waals surface area contributed by atoms with E-state index in [1.54, 1.807) is 0 Å². The van der Waals surface area contributed by atoms with Crippen molar-refractivity contribution in [1.82, 2.24) is 0 Å². The molecular formula is C9H9BClN. The summed E-state index contributed by atoms with van der Waals surface area (Å²) >= 11 is 6.10. The van der Waals surface area contributed by atoms with Crippen molar-refractivity contribution in [2.45, 2.75) is 0 Å². The summed E-state index contributed by atoms with van der Waals surface area (Å²) in [7, 11) is 2.03. The number of halogens is 1. The van der Waals surface area contributed by atoms with Gasteiger partial charge in [0.25, 0.3) is 0 Å². The van der Waals surface area contributed by atoms with E-state index in [1.165, 1.54) is 11.2 Å². The van der Waals surface area contributed by atoms with E-state index in [0.29, 0.717) is 0 Å². The zero-order valence-corrected chi connectivity index (χ0v) is 7.62. The highest BCUT2D eigenvalue weighted by molar-refractivity contribution is 7.17. The van der Waals surface area contributed by atoms with E-state index >= 15 is 0 Å². The monoisotopic (exact) mass is 177 g/mol. The number of fused-ring (bicyclic) bond motifs is 1. The van der Waals surface area contributed by atoms with Crippen molar-refractivity contribution >= 4 is 28.7 Å². The Morgan fingerprint density at radius 1 is 1.33 bits per heavy atom. The van der Waals surface area contributed by atoms with Gasteiger partial charge in [-0.15, -0.1) is 0 Å². The largest absolute Gasteiger partial charge is 0.353 e. The molecule has 0 aliphatic carbocycles. The molecule has 0 fully saturated rings. The van der Waals surface area contributed by atoms with Crippen LogP contribution in [-0.4, -0.2) is 13.2 Å². The molecule has 2 rings (SSSR count). The number of anilines is 1. The van der Waals surface area contributed by atoms with Crippen molar-refractivity contribution in [2.75, 3.05) is 11.9 Å². The van der Waals surface area contributed by atoms with Gasteiger partial charge in [0.2, 0.25) is 0 Å². The summed E-state index contributed by atoms with van der Waals surface area (Å²) in [5, 5.41) is 0. The molecule has 60 valence electrons. The number of hydrogen-bond donors (Lipinski definition) is 0. The number of nitrogens with zero attached hydrogens (tertiary/aromatic N) is 1. The van der Waals surface area contributed by atoms with Crippen molar-refractivity contribution in [1.29, 1.82) is 0 Å². The average Bonchev–Trinajstić information content (AvgIpc) is 2.12.